The van der Waals surface area contributed by atoms with Crippen molar-refractivity contribution in [2.75, 3.05) is 16.4 Å². The Hall–Kier alpha value is -3.62. The molecule has 9 N–H and O–H groups in total. The van der Waals surface area contributed by atoms with Crippen LogP contribution in [0.1, 0.15) is 19.4 Å². The molecule has 0 bridgehead atoms. The first-order valence-corrected chi connectivity index (χ1v) is 7.83. The average Bonchev–Trinajstić information content (AvgIpc) is 2.98. The molecule has 2 heterocycles. The molecule has 1 aliphatic rings. The number of nitrogens with two attached hydrogens (primary N) is 3. The largest absolute Gasteiger partial charge is 0.476 e. The second kappa shape index (κ2) is 6.03. The van der Waals surface area contributed by atoms with Crippen LogP contribution in [0, 0.1) is 0 Å². The minimum absolute atomic E-state index is 0.171. The highest BCUT2D eigenvalue weighted by Gasteiger charge is 2.35. The molecule has 1 aromatic heterocycles. The fourth-order valence-electron chi connectivity index (χ4n) is 2.54. The summed E-state index contributed by atoms with van der Waals surface area (Å²) < 4.78 is 5.69. The minimum Gasteiger partial charge on any atom is -0.476 e. The van der Waals surface area contributed by atoms with Gasteiger partial charge in [0.05, 0.1) is 11.4 Å². The fraction of sp³-hybridized carbons (Fsp3) is 0.176. The number of rotatable bonds is 4. The van der Waals surface area contributed by atoms with Crippen LogP contribution in [-0.4, -0.2) is 22.4 Å². The Bertz CT molecular complexity index is 928. The Balaban J connectivity index is 1.98. The van der Waals surface area contributed by atoms with Crippen molar-refractivity contribution in [1.29, 1.82) is 0 Å². The monoisotopic (exact) mass is 356 g/mol. The summed E-state index contributed by atoms with van der Waals surface area (Å²) in [6, 6.07) is 6.76. The summed E-state index contributed by atoms with van der Waals surface area (Å²) in [5.74, 6) is -0.184. The lowest BCUT2D eigenvalue weighted by atomic mass is 10.1. The van der Waals surface area contributed by atoms with Crippen LogP contribution in [-0.2, 0) is 9.59 Å². The van der Waals surface area contributed by atoms with E-state index in [-0.39, 0.29) is 17.3 Å². The normalized spacial score (nSPS) is 16.0. The van der Waals surface area contributed by atoms with Crippen LogP contribution in [0.25, 0.3) is 5.70 Å². The molecule has 2 amide bonds. The summed E-state index contributed by atoms with van der Waals surface area (Å²) >= 11 is 0. The van der Waals surface area contributed by atoms with Gasteiger partial charge in [0.1, 0.15) is 17.3 Å². The first-order chi connectivity index (χ1) is 12.2. The second-order valence-electron chi connectivity index (χ2n) is 6.36. The zero-order valence-electron chi connectivity index (χ0n) is 14.3. The van der Waals surface area contributed by atoms with Gasteiger partial charge in [-0.05, 0) is 38.1 Å². The summed E-state index contributed by atoms with van der Waals surface area (Å²) in [6.45, 7) is 3.36. The number of aromatic amines is 1. The van der Waals surface area contributed by atoms with Crippen LogP contribution < -0.4 is 32.6 Å². The van der Waals surface area contributed by atoms with Gasteiger partial charge in [0.2, 0.25) is 0 Å². The molecule has 0 fully saturated rings. The van der Waals surface area contributed by atoms with Crippen molar-refractivity contribution in [3.8, 4) is 5.75 Å². The van der Waals surface area contributed by atoms with Crippen molar-refractivity contribution in [1.82, 2.24) is 4.98 Å². The molecule has 1 aliphatic heterocycles. The number of hydrogen-bond donors (Lipinski definition) is 6. The highest BCUT2D eigenvalue weighted by molar-refractivity contribution is 6.03. The lowest BCUT2D eigenvalue weighted by Gasteiger charge is -2.31. The lowest BCUT2D eigenvalue weighted by molar-refractivity contribution is -0.129. The Morgan fingerprint density at radius 1 is 1.23 bits per heavy atom. The Morgan fingerprint density at radius 3 is 2.58 bits per heavy atom. The second-order valence-corrected chi connectivity index (χ2v) is 6.36. The number of amides is 2. The van der Waals surface area contributed by atoms with E-state index in [0.29, 0.717) is 28.5 Å². The van der Waals surface area contributed by atoms with E-state index in [1.807, 2.05) is 0 Å². The average molecular weight is 356 g/mol. The number of primary amides is 1. The van der Waals surface area contributed by atoms with Crippen molar-refractivity contribution in [2.24, 2.45) is 11.5 Å². The van der Waals surface area contributed by atoms with Crippen molar-refractivity contribution in [3.05, 3.63) is 41.7 Å². The quantitative estimate of drug-likeness (QED) is 0.447. The highest BCUT2D eigenvalue weighted by Crippen LogP contribution is 2.36. The molecule has 9 nitrogen and oxygen atoms in total. The van der Waals surface area contributed by atoms with E-state index in [1.54, 1.807) is 44.3 Å². The number of carbonyl (C=O) groups excluding carboxylic acids is 2. The van der Waals surface area contributed by atoms with Gasteiger partial charge in [-0.2, -0.15) is 0 Å². The van der Waals surface area contributed by atoms with Crippen LogP contribution >= 0.6 is 0 Å². The third kappa shape index (κ3) is 3.02. The number of nitrogens with one attached hydrogen (secondary N) is 3. The summed E-state index contributed by atoms with van der Waals surface area (Å²) in [6.07, 6.45) is 1.61. The van der Waals surface area contributed by atoms with Gasteiger partial charge in [0.25, 0.3) is 11.8 Å². The number of ether oxygens (including phenoxy) is 1. The smallest absolute Gasteiger partial charge is 0.268 e. The van der Waals surface area contributed by atoms with Crippen LogP contribution in [0.5, 0.6) is 5.75 Å². The first-order valence-electron chi connectivity index (χ1n) is 7.83. The number of nitrogen functional groups attached to an aromatic ring is 1. The maximum atomic E-state index is 12.1. The van der Waals surface area contributed by atoms with Gasteiger partial charge in [0, 0.05) is 17.4 Å². The zero-order chi connectivity index (χ0) is 19.1. The van der Waals surface area contributed by atoms with Gasteiger partial charge < -0.3 is 37.6 Å². The first kappa shape index (κ1) is 17.2. The molecule has 0 saturated heterocycles. The van der Waals surface area contributed by atoms with Gasteiger partial charge in [-0.15, -0.1) is 0 Å². The molecule has 1 aromatic carbocycles. The zero-order valence-corrected chi connectivity index (χ0v) is 14.3. The number of benzene rings is 1. The summed E-state index contributed by atoms with van der Waals surface area (Å²) in [7, 11) is 0. The Labute approximate surface area is 149 Å². The van der Waals surface area contributed by atoms with Crippen LogP contribution in [0.2, 0.25) is 0 Å². The van der Waals surface area contributed by atoms with E-state index >= 15 is 0 Å². The van der Waals surface area contributed by atoms with E-state index < -0.39 is 11.5 Å². The molecule has 0 aliphatic carbocycles. The van der Waals surface area contributed by atoms with Crippen LogP contribution in [0.3, 0.4) is 0 Å². The summed E-state index contributed by atoms with van der Waals surface area (Å²) in [5.41, 5.74) is 17.7. The molecular weight excluding hydrogens is 336 g/mol. The molecule has 2 aromatic rings. The third-order valence-corrected chi connectivity index (χ3v) is 3.99. The van der Waals surface area contributed by atoms with Crippen molar-refractivity contribution < 1.29 is 14.3 Å². The maximum Gasteiger partial charge on any atom is 0.268 e. The number of H-pyrrole nitrogens is 1. The van der Waals surface area contributed by atoms with E-state index in [1.165, 1.54) is 0 Å². The van der Waals surface area contributed by atoms with Crippen molar-refractivity contribution in [3.63, 3.8) is 0 Å². The third-order valence-electron chi connectivity index (χ3n) is 3.99. The molecular formula is C17H20N6O3. The summed E-state index contributed by atoms with van der Waals surface area (Å²) in [4.78, 5) is 26.4. The highest BCUT2D eigenvalue weighted by atomic mass is 16.5. The van der Waals surface area contributed by atoms with Gasteiger partial charge >= 0.3 is 0 Å². The lowest BCUT2D eigenvalue weighted by Crippen LogP contribution is -2.45. The topological polar surface area (TPSA) is 161 Å². The minimum atomic E-state index is -0.955. The molecule has 0 spiro atoms. The molecule has 0 unspecified atom stereocenters. The van der Waals surface area contributed by atoms with Crippen molar-refractivity contribution in [2.45, 2.75) is 19.4 Å². The maximum absolute atomic E-state index is 12.1. The summed E-state index contributed by atoms with van der Waals surface area (Å²) in [5, 5.41) is 5.82. The molecule has 136 valence electrons. The molecule has 0 radical (unpaired) electrons. The predicted molar refractivity (Wildman–Crippen MR) is 98.9 cm³/mol. The molecule has 0 atom stereocenters. The van der Waals surface area contributed by atoms with E-state index in [4.69, 9.17) is 21.9 Å². The van der Waals surface area contributed by atoms with Crippen LogP contribution in [0.15, 0.2) is 36.2 Å². The molecule has 0 saturated carbocycles. The van der Waals surface area contributed by atoms with Gasteiger partial charge in [-0.1, -0.05) is 0 Å². The van der Waals surface area contributed by atoms with Crippen LogP contribution in [0.4, 0.5) is 17.2 Å². The predicted octanol–water partition coefficient (Wildman–Crippen LogP) is 0.931. The van der Waals surface area contributed by atoms with Crippen molar-refractivity contribution >= 4 is 34.7 Å². The Kier molecular flexibility index (Phi) is 3.99. The fourth-order valence-corrected chi connectivity index (χ4v) is 2.54. The number of aromatic nitrogens is 1. The van der Waals surface area contributed by atoms with E-state index in [0.717, 1.165) is 0 Å². The van der Waals surface area contributed by atoms with Gasteiger partial charge in [-0.3, -0.25) is 9.59 Å². The molecule has 3 rings (SSSR count). The number of fused-ring (bicyclic) bond motifs is 1. The Morgan fingerprint density at radius 2 is 1.96 bits per heavy atom. The van der Waals surface area contributed by atoms with Gasteiger partial charge in [-0.25, -0.2) is 0 Å². The number of anilines is 3. The number of hydrogen-bond acceptors (Lipinski definition) is 6. The SMILES string of the molecule is CC1(C)Oc2ccc(N/C(=C(/N)C(N)=O)c3cc[nH]c3N)cc2NC1=O. The molecule has 26 heavy (non-hydrogen) atoms. The standard InChI is InChI=1S/C17H20N6O3/c1-17(2)16(25)23-10-7-8(3-4-11(10)26-17)22-13(12(18)15(20)24)9-5-6-21-14(9)19/h3-7,21-22H,18-19H2,1-2H3,(H2,20,24)(H,23,25)/b13-12+. The van der Waals surface area contributed by atoms with Gasteiger partial charge in [0.15, 0.2) is 5.60 Å². The molecule has 9 heteroatoms. The van der Waals surface area contributed by atoms with E-state index in [9.17, 15) is 9.59 Å². The number of carbonyl (C=O) groups is 2. The van der Waals surface area contributed by atoms with E-state index in [2.05, 4.69) is 15.6 Å².